The van der Waals surface area contributed by atoms with Gasteiger partial charge in [-0.3, -0.25) is 0 Å². The highest BCUT2D eigenvalue weighted by Gasteiger charge is 2.21. The van der Waals surface area contributed by atoms with Crippen molar-refractivity contribution in [3.05, 3.63) is 24.0 Å². The Labute approximate surface area is 102 Å². The van der Waals surface area contributed by atoms with E-state index in [4.69, 9.17) is 0 Å². The molecule has 1 heterocycles. The summed E-state index contributed by atoms with van der Waals surface area (Å²) in [5.74, 6) is 1.05. The number of aromatic amines is 1. The summed E-state index contributed by atoms with van der Waals surface area (Å²) in [6.45, 7) is 6.52. The van der Waals surface area contributed by atoms with Crippen LogP contribution in [-0.2, 0) is 5.41 Å². The van der Waals surface area contributed by atoms with Crippen molar-refractivity contribution in [2.45, 2.75) is 45.1 Å². The van der Waals surface area contributed by atoms with Gasteiger partial charge in [0.15, 0.2) is 0 Å². The normalized spacial score (nSPS) is 16.4. The quantitative estimate of drug-likeness (QED) is 0.828. The Morgan fingerprint density at radius 1 is 1.29 bits per heavy atom. The fourth-order valence-electron chi connectivity index (χ4n) is 1.92. The molecule has 17 heavy (non-hydrogen) atoms. The molecule has 3 nitrogen and oxygen atoms in total. The van der Waals surface area contributed by atoms with Crippen molar-refractivity contribution in [3.8, 4) is 0 Å². The molecule has 0 saturated heterocycles. The Hall–Kier alpha value is -1.51. The molecule has 0 spiro atoms. The first-order valence-corrected chi connectivity index (χ1v) is 6.29. The molecule has 3 rings (SSSR count). The summed E-state index contributed by atoms with van der Waals surface area (Å²) >= 11 is 0. The van der Waals surface area contributed by atoms with Crippen molar-refractivity contribution in [1.82, 2.24) is 9.97 Å². The van der Waals surface area contributed by atoms with Crippen LogP contribution in [0.2, 0.25) is 0 Å². The Balaban J connectivity index is 1.97. The molecule has 1 aliphatic carbocycles. The number of hydrogen-bond acceptors (Lipinski definition) is 2. The van der Waals surface area contributed by atoms with Gasteiger partial charge in [0, 0.05) is 17.1 Å². The van der Waals surface area contributed by atoms with Crippen LogP contribution in [0.3, 0.4) is 0 Å². The summed E-state index contributed by atoms with van der Waals surface area (Å²) in [7, 11) is 0. The van der Waals surface area contributed by atoms with Gasteiger partial charge in [0.05, 0.1) is 11.0 Å². The standard InChI is InChI=1S/C14H19N3/c1-14(2,3)13-16-11-7-6-10(8-12(11)17-13)15-9-4-5-9/h6-9,15H,4-5H2,1-3H3,(H,16,17). The number of nitrogens with zero attached hydrogens (tertiary/aromatic N) is 1. The maximum absolute atomic E-state index is 4.64. The maximum Gasteiger partial charge on any atom is 0.112 e. The lowest BCUT2D eigenvalue weighted by molar-refractivity contribution is 0.554. The Kier molecular flexibility index (Phi) is 2.18. The van der Waals surface area contributed by atoms with Crippen molar-refractivity contribution in [2.24, 2.45) is 0 Å². The molecule has 1 aliphatic rings. The van der Waals surface area contributed by atoms with E-state index >= 15 is 0 Å². The Morgan fingerprint density at radius 2 is 2.06 bits per heavy atom. The third-order valence-corrected chi connectivity index (χ3v) is 3.14. The number of nitrogens with one attached hydrogen (secondary N) is 2. The van der Waals surface area contributed by atoms with Gasteiger partial charge in [-0.1, -0.05) is 20.8 Å². The fourth-order valence-corrected chi connectivity index (χ4v) is 1.92. The number of aromatic nitrogens is 2. The van der Waals surface area contributed by atoms with Crippen molar-refractivity contribution in [1.29, 1.82) is 0 Å². The summed E-state index contributed by atoms with van der Waals surface area (Å²) in [6.07, 6.45) is 2.60. The van der Waals surface area contributed by atoms with Gasteiger partial charge in [-0.05, 0) is 31.0 Å². The lowest BCUT2D eigenvalue weighted by Crippen LogP contribution is -2.12. The number of benzene rings is 1. The van der Waals surface area contributed by atoms with Gasteiger partial charge in [0.25, 0.3) is 0 Å². The molecule has 90 valence electrons. The van der Waals surface area contributed by atoms with E-state index in [1.54, 1.807) is 0 Å². The molecule has 2 aromatic rings. The molecule has 0 aliphatic heterocycles. The van der Waals surface area contributed by atoms with Crippen LogP contribution in [0, 0.1) is 0 Å². The lowest BCUT2D eigenvalue weighted by atomic mass is 9.96. The zero-order chi connectivity index (χ0) is 12.0. The number of imidazole rings is 1. The first-order valence-electron chi connectivity index (χ1n) is 6.29. The van der Waals surface area contributed by atoms with E-state index in [1.807, 2.05) is 0 Å². The molecular weight excluding hydrogens is 210 g/mol. The third-order valence-electron chi connectivity index (χ3n) is 3.14. The van der Waals surface area contributed by atoms with E-state index in [-0.39, 0.29) is 5.41 Å². The molecule has 1 aromatic carbocycles. The van der Waals surface area contributed by atoms with Crippen molar-refractivity contribution in [2.75, 3.05) is 5.32 Å². The minimum absolute atomic E-state index is 0.0725. The minimum atomic E-state index is 0.0725. The van der Waals surface area contributed by atoms with E-state index in [9.17, 15) is 0 Å². The predicted octanol–water partition coefficient (Wildman–Crippen LogP) is 3.43. The highest BCUT2D eigenvalue weighted by Crippen LogP contribution is 2.27. The number of anilines is 1. The Bertz CT molecular complexity index is 544. The molecule has 0 atom stereocenters. The van der Waals surface area contributed by atoms with E-state index in [2.05, 4.69) is 54.3 Å². The van der Waals surface area contributed by atoms with Gasteiger partial charge in [0.2, 0.25) is 0 Å². The van der Waals surface area contributed by atoms with E-state index in [0.29, 0.717) is 6.04 Å². The van der Waals surface area contributed by atoms with Crippen molar-refractivity contribution < 1.29 is 0 Å². The summed E-state index contributed by atoms with van der Waals surface area (Å²) in [5.41, 5.74) is 3.45. The molecule has 0 unspecified atom stereocenters. The minimum Gasteiger partial charge on any atom is -0.382 e. The molecule has 2 N–H and O–H groups in total. The van der Waals surface area contributed by atoms with E-state index in [0.717, 1.165) is 16.9 Å². The summed E-state index contributed by atoms with van der Waals surface area (Å²) in [5, 5.41) is 3.51. The molecule has 1 saturated carbocycles. The second kappa shape index (κ2) is 3.49. The van der Waals surface area contributed by atoms with Gasteiger partial charge in [-0.25, -0.2) is 4.98 Å². The van der Waals surface area contributed by atoms with Gasteiger partial charge in [-0.15, -0.1) is 0 Å². The second-order valence-electron chi connectivity index (χ2n) is 5.99. The zero-order valence-corrected chi connectivity index (χ0v) is 10.7. The average molecular weight is 229 g/mol. The monoisotopic (exact) mass is 229 g/mol. The van der Waals surface area contributed by atoms with Crippen molar-refractivity contribution >= 4 is 16.7 Å². The molecular formula is C14H19N3. The number of hydrogen-bond donors (Lipinski definition) is 2. The molecule has 1 fully saturated rings. The van der Waals surface area contributed by atoms with E-state index < -0.39 is 0 Å². The SMILES string of the molecule is CC(C)(C)c1nc2ccc(NC3CC3)cc2[nH]1. The van der Waals surface area contributed by atoms with Crippen LogP contribution >= 0.6 is 0 Å². The lowest BCUT2D eigenvalue weighted by Gasteiger charge is -2.13. The smallest absolute Gasteiger partial charge is 0.112 e. The molecule has 3 heteroatoms. The third kappa shape index (κ3) is 2.14. The number of rotatable bonds is 2. The van der Waals surface area contributed by atoms with Crippen LogP contribution < -0.4 is 5.32 Å². The van der Waals surface area contributed by atoms with E-state index in [1.165, 1.54) is 18.5 Å². The highest BCUT2D eigenvalue weighted by atomic mass is 15.0. The van der Waals surface area contributed by atoms with Gasteiger partial charge in [-0.2, -0.15) is 0 Å². The summed E-state index contributed by atoms with van der Waals surface area (Å²) in [4.78, 5) is 8.05. The van der Waals surface area contributed by atoms with Gasteiger partial charge >= 0.3 is 0 Å². The molecule has 0 radical (unpaired) electrons. The molecule has 1 aromatic heterocycles. The second-order valence-corrected chi connectivity index (χ2v) is 5.99. The predicted molar refractivity (Wildman–Crippen MR) is 71.4 cm³/mol. The van der Waals surface area contributed by atoms with Crippen LogP contribution in [0.1, 0.15) is 39.4 Å². The highest BCUT2D eigenvalue weighted by molar-refractivity contribution is 5.79. The summed E-state index contributed by atoms with van der Waals surface area (Å²) < 4.78 is 0. The Morgan fingerprint density at radius 3 is 2.71 bits per heavy atom. The average Bonchev–Trinajstić information content (AvgIpc) is 2.94. The number of H-pyrrole nitrogens is 1. The number of fused-ring (bicyclic) bond motifs is 1. The fraction of sp³-hybridized carbons (Fsp3) is 0.500. The van der Waals surface area contributed by atoms with Crippen molar-refractivity contribution in [3.63, 3.8) is 0 Å². The first-order chi connectivity index (χ1) is 8.02. The van der Waals surface area contributed by atoms with Crippen LogP contribution in [0.15, 0.2) is 18.2 Å². The maximum atomic E-state index is 4.64. The van der Waals surface area contributed by atoms with Crippen LogP contribution in [0.4, 0.5) is 5.69 Å². The van der Waals surface area contributed by atoms with Crippen LogP contribution in [0.5, 0.6) is 0 Å². The van der Waals surface area contributed by atoms with Crippen LogP contribution in [-0.4, -0.2) is 16.0 Å². The first kappa shape index (κ1) is 10.6. The molecule has 0 bridgehead atoms. The molecule has 0 amide bonds. The van der Waals surface area contributed by atoms with Gasteiger partial charge < -0.3 is 10.3 Å². The zero-order valence-electron chi connectivity index (χ0n) is 10.7. The van der Waals surface area contributed by atoms with Crippen LogP contribution in [0.25, 0.3) is 11.0 Å². The summed E-state index contributed by atoms with van der Waals surface area (Å²) in [6, 6.07) is 7.06. The largest absolute Gasteiger partial charge is 0.382 e. The topological polar surface area (TPSA) is 40.7 Å². The van der Waals surface area contributed by atoms with Gasteiger partial charge in [0.1, 0.15) is 5.82 Å².